The highest BCUT2D eigenvalue weighted by Gasteiger charge is 2.32. The average molecular weight is 220 g/mol. The molecule has 0 amide bonds. The molecule has 0 bridgehead atoms. The molecule has 0 spiro atoms. The fourth-order valence-corrected chi connectivity index (χ4v) is 2.18. The summed E-state index contributed by atoms with van der Waals surface area (Å²) in [7, 11) is -9.61. The predicted molar refractivity (Wildman–Crippen MR) is 39.2 cm³/mol. The predicted octanol–water partition coefficient (Wildman–Crippen LogP) is 0.621. The minimum Gasteiger partial charge on any atom is -0.302 e. The Hall–Kier alpha value is 0.260. The first-order chi connectivity index (χ1) is 5.12. The second-order valence-electron chi connectivity index (χ2n) is 2.19. The molecule has 0 aliphatic carbocycles. The molecular formula is C3H10O7P2. The summed E-state index contributed by atoms with van der Waals surface area (Å²) in [5.74, 6) is 0. The molecule has 7 nitrogen and oxygen atoms in total. The Kier molecular flexibility index (Phi) is 4.07. The molecule has 74 valence electrons. The molecule has 0 saturated heterocycles. The minimum absolute atomic E-state index is 0.660. The van der Waals surface area contributed by atoms with Gasteiger partial charge in [-0.05, 0) is 13.8 Å². The molecule has 1 atom stereocenters. The molecule has 0 aromatic rings. The number of rotatable bonds is 4. The van der Waals surface area contributed by atoms with E-state index in [1.807, 2.05) is 0 Å². The maximum absolute atomic E-state index is 10.7. The summed E-state index contributed by atoms with van der Waals surface area (Å²) in [6.07, 6.45) is -0.660. The number of hydrogen-bond acceptors (Lipinski definition) is 4. The van der Waals surface area contributed by atoms with Crippen molar-refractivity contribution in [3.8, 4) is 0 Å². The van der Waals surface area contributed by atoms with Gasteiger partial charge in [0, 0.05) is 0 Å². The van der Waals surface area contributed by atoms with E-state index in [2.05, 4.69) is 8.83 Å². The van der Waals surface area contributed by atoms with E-state index in [-0.39, 0.29) is 0 Å². The first kappa shape index (κ1) is 12.3. The first-order valence-corrected chi connectivity index (χ1v) is 5.93. The maximum atomic E-state index is 10.7. The van der Waals surface area contributed by atoms with Crippen molar-refractivity contribution in [3.05, 3.63) is 0 Å². The lowest BCUT2D eigenvalue weighted by molar-refractivity contribution is 0.146. The van der Waals surface area contributed by atoms with Gasteiger partial charge in [-0.25, -0.2) is 9.13 Å². The van der Waals surface area contributed by atoms with E-state index in [0.29, 0.717) is 0 Å². The molecule has 0 aliphatic heterocycles. The largest absolute Gasteiger partial charge is 0.481 e. The van der Waals surface area contributed by atoms with E-state index in [1.54, 1.807) is 0 Å². The number of phosphoric ester groups is 1. The molecule has 1 unspecified atom stereocenters. The van der Waals surface area contributed by atoms with Crippen LogP contribution in [0.25, 0.3) is 0 Å². The van der Waals surface area contributed by atoms with Crippen LogP contribution in [-0.2, 0) is 18.0 Å². The Morgan fingerprint density at radius 2 is 1.58 bits per heavy atom. The van der Waals surface area contributed by atoms with Crippen LogP contribution in [0.5, 0.6) is 0 Å². The van der Waals surface area contributed by atoms with Crippen LogP contribution in [0.15, 0.2) is 0 Å². The summed E-state index contributed by atoms with van der Waals surface area (Å²) in [6.45, 7) is 2.85. The van der Waals surface area contributed by atoms with Crippen LogP contribution in [0.3, 0.4) is 0 Å². The van der Waals surface area contributed by atoms with Crippen LogP contribution >= 0.6 is 15.6 Å². The SMILES string of the molecule is CC(C)OP(=O)(O)OP(=O)(O)O. The van der Waals surface area contributed by atoms with Gasteiger partial charge in [-0.1, -0.05) is 0 Å². The monoisotopic (exact) mass is 220 g/mol. The van der Waals surface area contributed by atoms with Crippen LogP contribution in [-0.4, -0.2) is 20.8 Å². The lowest BCUT2D eigenvalue weighted by Crippen LogP contribution is -2.01. The Morgan fingerprint density at radius 3 is 1.83 bits per heavy atom. The van der Waals surface area contributed by atoms with E-state index in [9.17, 15) is 9.13 Å². The molecule has 0 aromatic carbocycles. The molecule has 0 aromatic heterocycles. The van der Waals surface area contributed by atoms with Gasteiger partial charge in [0.15, 0.2) is 0 Å². The third kappa shape index (κ3) is 6.94. The van der Waals surface area contributed by atoms with Gasteiger partial charge in [-0.3, -0.25) is 4.52 Å². The summed E-state index contributed by atoms with van der Waals surface area (Å²) >= 11 is 0. The van der Waals surface area contributed by atoms with Crippen molar-refractivity contribution < 1.29 is 32.6 Å². The van der Waals surface area contributed by atoms with E-state index >= 15 is 0 Å². The molecule has 0 saturated carbocycles. The van der Waals surface area contributed by atoms with Crippen molar-refractivity contribution in [3.63, 3.8) is 0 Å². The lowest BCUT2D eigenvalue weighted by atomic mass is 10.5. The summed E-state index contributed by atoms with van der Waals surface area (Å²) < 4.78 is 28.4. The third-order valence-electron chi connectivity index (χ3n) is 0.554. The molecule has 0 heterocycles. The van der Waals surface area contributed by atoms with Gasteiger partial charge in [0.25, 0.3) is 0 Å². The molecule has 0 rings (SSSR count). The highest BCUT2D eigenvalue weighted by Crippen LogP contribution is 2.57. The average Bonchev–Trinajstić information content (AvgIpc) is 1.48. The molecule has 0 fully saturated rings. The van der Waals surface area contributed by atoms with Gasteiger partial charge in [-0.2, -0.15) is 4.31 Å². The molecule has 9 heteroatoms. The Bertz CT molecular complexity index is 229. The zero-order valence-electron chi connectivity index (χ0n) is 6.45. The van der Waals surface area contributed by atoms with E-state index in [0.717, 1.165) is 0 Å². The fraction of sp³-hybridized carbons (Fsp3) is 1.00. The van der Waals surface area contributed by atoms with Gasteiger partial charge < -0.3 is 14.7 Å². The summed E-state index contributed by atoms with van der Waals surface area (Å²) in [4.78, 5) is 24.9. The van der Waals surface area contributed by atoms with Crippen molar-refractivity contribution in [2.75, 3.05) is 0 Å². The van der Waals surface area contributed by atoms with Gasteiger partial charge in [0.1, 0.15) is 0 Å². The summed E-state index contributed by atoms with van der Waals surface area (Å²) in [6, 6.07) is 0. The van der Waals surface area contributed by atoms with Gasteiger partial charge in [0.05, 0.1) is 6.10 Å². The number of hydrogen-bond donors (Lipinski definition) is 3. The Morgan fingerprint density at radius 1 is 1.17 bits per heavy atom. The van der Waals surface area contributed by atoms with E-state index in [4.69, 9.17) is 14.7 Å². The molecule has 3 N–H and O–H groups in total. The zero-order chi connectivity index (χ0) is 9.99. The van der Waals surface area contributed by atoms with Crippen molar-refractivity contribution in [1.29, 1.82) is 0 Å². The second kappa shape index (κ2) is 3.98. The van der Waals surface area contributed by atoms with Crippen molar-refractivity contribution >= 4 is 15.6 Å². The lowest BCUT2D eigenvalue weighted by Gasteiger charge is -2.14. The summed E-state index contributed by atoms with van der Waals surface area (Å²) in [5, 5.41) is 0. The quantitative estimate of drug-likeness (QED) is 0.595. The minimum atomic E-state index is -4.98. The van der Waals surface area contributed by atoms with Crippen LogP contribution in [0.4, 0.5) is 0 Å². The molecule has 0 radical (unpaired) electrons. The Balaban J connectivity index is 4.25. The molecular weight excluding hydrogens is 210 g/mol. The fourth-order valence-electron chi connectivity index (χ4n) is 0.420. The van der Waals surface area contributed by atoms with Crippen molar-refractivity contribution in [2.24, 2.45) is 0 Å². The summed E-state index contributed by atoms with van der Waals surface area (Å²) in [5.41, 5.74) is 0. The van der Waals surface area contributed by atoms with Gasteiger partial charge in [-0.15, -0.1) is 0 Å². The van der Waals surface area contributed by atoms with Crippen molar-refractivity contribution in [2.45, 2.75) is 20.0 Å². The van der Waals surface area contributed by atoms with Crippen LogP contribution < -0.4 is 0 Å². The standard InChI is InChI=1S/C3H10O7P2/c1-3(2)9-12(7,8)10-11(4,5)6/h3H,1-2H3,(H,7,8)(H2,4,5,6). The highest BCUT2D eigenvalue weighted by molar-refractivity contribution is 7.60. The van der Waals surface area contributed by atoms with Crippen LogP contribution in [0, 0.1) is 0 Å². The zero-order valence-corrected chi connectivity index (χ0v) is 8.24. The topological polar surface area (TPSA) is 113 Å². The number of phosphoric acid groups is 2. The maximum Gasteiger partial charge on any atom is 0.481 e. The van der Waals surface area contributed by atoms with E-state index < -0.39 is 21.7 Å². The highest BCUT2D eigenvalue weighted by atomic mass is 31.3. The smallest absolute Gasteiger partial charge is 0.302 e. The van der Waals surface area contributed by atoms with Gasteiger partial charge >= 0.3 is 15.6 Å². The van der Waals surface area contributed by atoms with E-state index in [1.165, 1.54) is 13.8 Å². The van der Waals surface area contributed by atoms with Crippen LogP contribution in [0.1, 0.15) is 13.8 Å². The third-order valence-corrected chi connectivity index (χ3v) is 2.92. The Labute approximate surface area is 69.2 Å². The van der Waals surface area contributed by atoms with Crippen molar-refractivity contribution in [1.82, 2.24) is 0 Å². The van der Waals surface area contributed by atoms with Gasteiger partial charge in [0.2, 0.25) is 0 Å². The normalized spacial score (nSPS) is 17.8. The second-order valence-corrected chi connectivity index (χ2v) is 4.98. The van der Waals surface area contributed by atoms with Crippen LogP contribution in [0.2, 0.25) is 0 Å². The molecule has 0 aliphatic rings. The molecule has 12 heavy (non-hydrogen) atoms. The first-order valence-electron chi connectivity index (χ1n) is 2.90.